The summed E-state index contributed by atoms with van der Waals surface area (Å²) in [5.41, 5.74) is 0.851. The highest BCUT2D eigenvalue weighted by Crippen LogP contribution is 2.26. The lowest BCUT2D eigenvalue weighted by molar-refractivity contribution is -0.132. The number of hydrogen-bond acceptors (Lipinski definition) is 3. The summed E-state index contributed by atoms with van der Waals surface area (Å²) in [6, 6.07) is 9.56. The van der Waals surface area contributed by atoms with E-state index >= 15 is 0 Å². The van der Waals surface area contributed by atoms with E-state index in [1.165, 1.54) is 0 Å². The van der Waals surface area contributed by atoms with Gasteiger partial charge in [-0.05, 0) is 44.2 Å². The van der Waals surface area contributed by atoms with E-state index in [4.69, 9.17) is 0 Å². The molecule has 118 valence electrons. The van der Waals surface area contributed by atoms with Crippen LogP contribution >= 0.6 is 0 Å². The number of rotatable bonds is 3. The van der Waals surface area contributed by atoms with E-state index in [2.05, 4.69) is 5.32 Å². The first-order chi connectivity index (χ1) is 10.6. The van der Waals surface area contributed by atoms with Crippen LogP contribution in [0.5, 0.6) is 0 Å². The second-order valence-electron chi connectivity index (χ2n) is 6.18. The number of carbonyl (C=O) groups excluding carboxylic acids is 2. The summed E-state index contributed by atoms with van der Waals surface area (Å²) in [4.78, 5) is 26.5. The minimum Gasteiger partial charge on any atom is -0.393 e. The molecule has 2 fully saturated rings. The van der Waals surface area contributed by atoms with Crippen molar-refractivity contribution in [1.82, 2.24) is 5.32 Å². The Morgan fingerprint density at radius 1 is 1.09 bits per heavy atom. The third-order valence-electron chi connectivity index (χ3n) is 4.63. The predicted octanol–water partition coefficient (Wildman–Crippen LogP) is 1.46. The molecule has 1 aliphatic heterocycles. The Bertz CT molecular complexity index is 538. The van der Waals surface area contributed by atoms with Crippen molar-refractivity contribution < 1.29 is 14.7 Å². The van der Waals surface area contributed by atoms with Crippen LogP contribution in [0.2, 0.25) is 0 Å². The molecule has 5 nitrogen and oxygen atoms in total. The first kappa shape index (κ1) is 15.0. The summed E-state index contributed by atoms with van der Waals surface area (Å²) < 4.78 is 0. The van der Waals surface area contributed by atoms with E-state index in [0.29, 0.717) is 13.0 Å². The van der Waals surface area contributed by atoms with E-state index in [1.807, 2.05) is 30.3 Å². The molecular weight excluding hydrogens is 280 g/mol. The zero-order chi connectivity index (χ0) is 15.5. The number of hydrogen-bond donors (Lipinski definition) is 2. The van der Waals surface area contributed by atoms with Gasteiger partial charge in [0.25, 0.3) is 0 Å². The van der Waals surface area contributed by atoms with Gasteiger partial charge < -0.3 is 15.3 Å². The van der Waals surface area contributed by atoms with Crippen LogP contribution in [0, 0.1) is 5.92 Å². The van der Waals surface area contributed by atoms with Gasteiger partial charge >= 0.3 is 0 Å². The molecule has 2 N–H and O–H groups in total. The molecular formula is C17H22N2O3. The zero-order valence-corrected chi connectivity index (χ0v) is 12.6. The molecule has 1 atom stereocenters. The van der Waals surface area contributed by atoms with Crippen molar-refractivity contribution in [2.45, 2.75) is 44.2 Å². The Labute approximate surface area is 130 Å². The molecule has 1 saturated heterocycles. The van der Waals surface area contributed by atoms with Gasteiger partial charge in [-0.25, -0.2) is 0 Å². The van der Waals surface area contributed by atoms with E-state index < -0.39 is 5.92 Å². The number of para-hydroxylation sites is 1. The van der Waals surface area contributed by atoms with Crippen LogP contribution < -0.4 is 10.2 Å². The molecule has 1 aromatic rings. The van der Waals surface area contributed by atoms with Gasteiger partial charge in [-0.3, -0.25) is 9.59 Å². The summed E-state index contributed by atoms with van der Waals surface area (Å²) in [6.45, 7) is 0.588. The number of anilines is 1. The molecule has 0 bridgehead atoms. The summed E-state index contributed by atoms with van der Waals surface area (Å²) in [6.07, 6.45) is 3.34. The van der Waals surface area contributed by atoms with Crippen LogP contribution in [0.4, 0.5) is 5.69 Å². The van der Waals surface area contributed by atoms with E-state index in [-0.39, 0.29) is 24.0 Å². The van der Waals surface area contributed by atoms with E-state index in [1.54, 1.807) is 4.90 Å². The van der Waals surface area contributed by atoms with Crippen molar-refractivity contribution in [2.75, 3.05) is 11.4 Å². The fourth-order valence-electron chi connectivity index (χ4n) is 3.31. The number of nitrogens with zero attached hydrogens (tertiary/aromatic N) is 1. The van der Waals surface area contributed by atoms with Gasteiger partial charge in [0.2, 0.25) is 11.8 Å². The lowest BCUT2D eigenvalue weighted by Gasteiger charge is -2.27. The standard InChI is InChI=1S/C17H22N2O3/c20-14-8-6-12(7-9-14)18-16(21)15-10-11-19(17(15)22)13-4-2-1-3-5-13/h1-5,12,14-15,20H,6-11H2,(H,18,21). The Balaban J connectivity index is 1.59. The number of nitrogens with one attached hydrogen (secondary N) is 1. The van der Waals surface area contributed by atoms with Gasteiger partial charge in [0.1, 0.15) is 5.92 Å². The Morgan fingerprint density at radius 2 is 1.77 bits per heavy atom. The van der Waals surface area contributed by atoms with Crippen LogP contribution in [-0.4, -0.2) is 35.6 Å². The average molecular weight is 302 g/mol. The summed E-state index contributed by atoms with van der Waals surface area (Å²) >= 11 is 0. The predicted molar refractivity (Wildman–Crippen MR) is 83.3 cm³/mol. The van der Waals surface area contributed by atoms with Gasteiger partial charge in [0.15, 0.2) is 0 Å². The molecule has 2 amide bonds. The zero-order valence-electron chi connectivity index (χ0n) is 12.6. The van der Waals surface area contributed by atoms with Crippen molar-refractivity contribution >= 4 is 17.5 Å². The normalized spacial score (nSPS) is 28.7. The SMILES string of the molecule is O=C(NC1CCC(O)CC1)C1CCN(c2ccccc2)C1=O. The smallest absolute Gasteiger partial charge is 0.239 e. The Kier molecular flexibility index (Phi) is 4.43. The molecule has 0 radical (unpaired) electrons. The highest BCUT2D eigenvalue weighted by Gasteiger charge is 2.38. The molecule has 5 heteroatoms. The van der Waals surface area contributed by atoms with Crippen molar-refractivity contribution in [3.63, 3.8) is 0 Å². The van der Waals surface area contributed by atoms with Gasteiger partial charge in [0.05, 0.1) is 6.10 Å². The number of amides is 2. The van der Waals surface area contributed by atoms with Crippen LogP contribution in [0.25, 0.3) is 0 Å². The summed E-state index contributed by atoms with van der Waals surface area (Å²) in [5.74, 6) is -0.851. The topological polar surface area (TPSA) is 69.6 Å². The van der Waals surface area contributed by atoms with Gasteiger partial charge in [-0.15, -0.1) is 0 Å². The molecule has 1 heterocycles. The molecule has 1 saturated carbocycles. The van der Waals surface area contributed by atoms with Crippen molar-refractivity contribution in [3.8, 4) is 0 Å². The molecule has 0 aromatic heterocycles. The second kappa shape index (κ2) is 6.48. The molecule has 1 aromatic carbocycles. The highest BCUT2D eigenvalue weighted by molar-refractivity contribution is 6.09. The van der Waals surface area contributed by atoms with Crippen molar-refractivity contribution in [1.29, 1.82) is 0 Å². The monoisotopic (exact) mass is 302 g/mol. The average Bonchev–Trinajstić information content (AvgIpc) is 2.92. The molecule has 2 aliphatic rings. The highest BCUT2D eigenvalue weighted by atomic mass is 16.3. The van der Waals surface area contributed by atoms with Gasteiger partial charge in [-0.1, -0.05) is 18.2 Å². The largest absolute Gasteiger partial charge is 0.393 e. The number of benzene rings is 1. The minimum atomic E-state index is -0.577. The maximum absolute atomic E-state index is 12.5. The lowest BCUT2D eigenvalue weighted by Crippen LogP contribution is -2.43. The van der Waals surface area contributed by atoms with Crippen LogP contribution in [-0.2, 0) is 9.59 Å². The fraction of sp³-hybridized carbons (Fsp3) is 0.529. The summed E-state index contributed by atoms with van der Waals surface area (Å²) in [5, 5.41) is 12.5. The first-order valence-electron chi connectivity index (χ1n) is 8.00. The minimum absolute atomic E-state index is 0.0921. The number of aliphatic hydroxyl groups is 1. The van der Waals surface area contributed by atoms with Crippen LogP contribution in [0.1, 0.15) is 32.1 Å². The van der Waals surface area contributed by atoms with E-state index in [9.17, 15) is 14.7 Å². The third-order valence-corrected chi connectivity index (χ3v) is 4.63. The van der Waals surface area contributed by atoms with Crippen molar-refractivity contribution in [2.24, 2.45) is 5.92 Å². The number of aliphatic hydroxyl groups excluding tert-OH is 1. The molecule has 1 unspecified atom stereocenters. The van der Waals surface area contributed by atoms with E-state index in [0.717, 1.165) is 31.4 Å². The van der Waals surface area contributed by atoms with Crippen LogP contribution in [0.3, 0.4) is 0 Å². The van der Waals surface area contributed by atoms with Crippen LogP contribution in [0.15, 0.2) is 30.3 Å². The maximum Gasteiger partial charge on any atom is 0.239 e. The van der Waals surface area contributed by atoms with Crippen molar-refractivity contribution in [3.05, 3.63) is 30.3 Å². The quantitative estimate of drug-likeness (QED) is 0.831. The molecule has 22 heavy (non-hydrogen) atoms. The van der Waals surface area contributed by atoms with Gasteiger partial charge in [-0.2, -0.15) is 0 Å². The Hall–Kier alpha value is -1.88. The maximum atomic E-state index is 12.5. The second-order valence-corrected chi connectivity index (χ2v) is 6.18. The third kappa shape index (κ3) is 3.14. The molecule has 3 rings (SSSR count). The number of carbonyl (C=O) groups is 2. The first-order valence-corrected chi connectivity index (χ1v) is 8.00. The fourth-order valence-corrected chi connectivity index (χ4v) is 3.31. The van der Waals surface area contributed by atoms with Gasteiger partial charge in [0, 0.05) is 18.3 Å². The lowest BCUT2D eigenvalue weighted by atomic mass is 9.92. The molecule has 0 spiro atoms. The molecule has 1 aliphatic carbocycles. The summed E-state index contributed by atoms with van der Waals surface area (Å²) in [7, 11) is 0. The Morgan fingerprint density at radius 3 is 2.45 bits per heavy atom.